The van der Waals surface area contributed by atoms with E-state index in [9.17, 15) is 16.8 Å². The van der Waals surface area contributed by atoms with Gasteiger partial charge in [0.1, 0.15) is 0 Å². The molecule has 23 heavy (non-hydrogen) atoms. The Bertz CT molecular complexity index is 826. The molecule has 1 aliphatic rings. The highest BCUT2D eigenvalue weighted by Crippen LogP contribution is 2.28. The lowest BCUT2D eigenvalue weighted by Crippen LogP contribution is -2.41. The molecule has 0 spiro atoms. The van der Waals surface area contributed by atoms with Crippen LogP contribution in [0.2, 0.25) is 0 Å². The fourth-order valence-electron chi connectivity index (χ4n) is 2.91. The number of sulfonamides is 1. The molecule has 0 N–H and O–H groups in total. The lowest BCUT2D eigenvalue weighted by molar-refractivity contribution is 0.367. The van der Waals surface area contributed by atoms with E-state index < -0.39 is 25.9 Å². The fourth-order valence-corrected chi connectivity index (χ4v) is 6.65. The highest BCUT2D eigenvalue weighted by molar-refractivity contribution is 7.92. The summed E-state index contributed by atoms with van der Waals surface area (Å²) in [4.78, 5) is 0.242. The molecule has 1 aromatic rings. The molecule has 2 rings (SSSR count). The minimum atomic E-state index is -3.77. The van der Waals surface area contributed by atoms with E-state index in [2.05, 4.69) is 6.58 Å². The van der Waals surface area contributed by atoms with Gasteiger partial charge in [-0.2, -0.15) is 4.31 Å². The molecule has 1 aliphatic heterocycles. The predicted octanol–water partition coefficient (Wildman–Crippen LogP) is 1.98. The number of hydrogen-bond donors (Lipinski definition) is 0. The minimum absolute atomic E-state index is 0.0345. The van der Waals surface area contributed by atoms with Crippen molar-refractivity contribution in [3.8, 4) is 0 Å². The Hall–Kier alpha value is -1.18. The van der Waals surface area contributed by atoms with Crippen LogP contribution < -0.4 is 0 Å². The Labute approximate surface area is 139 Å². The molecule has 7 heteroatoms. The van der Waals surface area contributed by atoms with Crippen molar-refractivity contribution in [2.24, 2.45) is 0 Å². The van der Waals surface area contributed by atoms with Crippen molar-refractivity contribution in [1.29, 1.82) is 0 Å². The van der Waals surface area contributed by atoms with Gasteiger partial charge >= 0.3 is 0 Å². The molecule has 1 atom stereocenters. The summed E-state index contributed by atoms with van der Waals surface area (Å²) in [5.41, 5.74) is 2.59. The smallest absolute Gasteiger partial charge is 0.229 e. The summed E-state index contributed by atoms with van der Waals surface area (Å²) in [6.45, 7) is 9.28. The molecule has 0 aromatic heterocycles. The maximum atomic E-state index is 13.1. The molecule has 1 saturated heterocycles. The van der Waals surface area contributed by atoms with Crippen LogP contribution in [0.1, 0.15) is 23.1 Å². The van der Waals surface area contributed by atoms with Crippen molar-refractivity contribution in [3.63, 3.8) is 0 Å². The Morgan fingerprint density at radius 3 is 2.35 bits per heavy atom. The van der Waals surface area contributed by atoms with Gasteiger partial charge in [0.25, 0.3) is 0 Å². The SMILES string of the molecule is C=CCN([C@H]1CCS(=O)(=O)C1)S(=O)(=O)c1cc(C)c(C)cc1C. The lowest BCUT2D eigenvalue weighted by atomic mass is 10.1. The third kappa shape index (κ3) is 3.67. The molecule has 0 unspecified atom stereocenters. The van der Waals surface area contributed by atoms with Crippen molar-refractivity contribution in [2.75, 3.05) is 18.1 Å². The fraction of sp³-hybridized carbons (Fsp3) is 0.500. The zero-order chi connectivity index (χ0) is 17.4. The van der Waals surface area contributed by atoms with Crippen LogP contribution in [-0.4, -0.2) is 45.2 Å². The Morgan fingerprint density at radius 1 is 1.22 bits per heavy atom. The number of sulfone groups is 1. The van der Waals surface area contributed by atoms with Gasteiger partial charge in [0.2, 0.25) is 10.0 Å². The number of hydrogen-bond acceptors (Lipinski definition) is 4. The van der Waals surface area contributed by atoms with Crippen LogP contribution in [0.25, 0.3) is 0 Å². The van der Waals surface area contributed by atoms with E-state index in [1.54, 1.807) is 13.0 Å². The number of benzene rings is 1. The van der Waals surface area contributed by atoms with Crippen LogP contribution in [-0.2, 0) is 19.9 Å². The van der Waals surface area contributed by atoms with Gasteiger partial charge in [-0.15, -0.1) is 6.58 Å². The van der Waals surface area contributed by atoms with Crippen molar-refractivity contribution in [3.05, 3.63) is 41.5 Å². The maximum Gasteiger partial charge on any atom is 0.243 e. The minimum Gasteiger partial charge on any atom is -0.229 e. The van der Waals surface area contributed by atoms with Gasteiger partial charge in [-0.25, -0.2) is 16.8 Å². The van der Waals surface area contributed by atoms with Gasteiger partial charge in [-0.1, -0.05) is 12.1 Å². The standard InChI is InChI=1S/C16H23NO4S2/c1-5-7-17(15-6-8-22(18,19)11-15)23(20,21)16-10-13(3)12(2)9-14(16)4/h5,9-10,15H,1,6-8,11H2,2-4H3/t15-/m0/s1. The zero-order valence-corrected chi connectivity index (χ0v) is 15.4. The molecule has 0 radical (unpaired) electrons. The topological polar surface area (TPSA) is 71.5 Å². The van der Waals surface area contributed by atoms with E-state index in [-0.39, 0.29) is 22.9 Å². The van der Waals surface area contributed by atoms with E-state index in [0.29, 0.717) is 12.0 Å². The highest BCUT2D eigenvalue weighted by atomic mass is 32.2. The zero-order valence-electron chi connectivity index (χ0n) is 13.7. The van der Waals surface area contributed by atoms with Crippen molar-refractivity contribution in [2.45, 2.75) is 38.1 Å². The van der Waals surface area contributed by atoms with E-state index in [1.165, 1.54) is 10.4 Å². The van der Waals surface area contributed by atoms with E-state index in [1.807, 2.05) is 19.9 Å². The second-order valence-electron chi connectivity index (χ2n) is 6.12. The largest absolute Gasteiger partial charge is 0.243 e. The van der Waals surface area contributed by atoms with Gasteiger partial charge < -0.3 is 0 Å². The summed E-state index contributed by atoms with van der Waals surface area (Å²) in [7, 11) is -6.94. The normalized spacial score (nSPS) is 20.8. The van der Waals surface area contributed by atoms with Crippen LogP contribution in [0, 0.1) is 20.8 Å². The van der Waals surface area contributed by atoms with E-state index in [4.69, 9.17) is 0 Å². The number of nitrogens with zero attached hydrogens (tertiary/aromatic N) is 1. The molecule has 5 nitrogen and oxygen atoms in total. The molecule has 1 aromatic carbocycles. The Kier molecular flexibility index (Phi) is 5.03. The van der Waals surface area contributed by atoms with Gasteiger partial charge in [0, 0.05) is 12.6 Å². The van der Waals surface area contributed by atoms with Gasteiger partial charge in [-0.05, 0) is 49.9 Å². The van der Waals surface area contributed by atoms with Gasteiger partial charge in [0.05, 0.1) is 16.4 Å². The molecule has 0 bridgehead atoms. The summed E-state index contributed by atoms with van der Waals surface area (Å²) >= 11 is 0. The first kappa shape index (κ1) is 18.2. The van der Waals surface area contributed by atoms with Crippen LogP contribution in [0.4, 0.5) is 0 Å². The van der Waals surface area contributed by atoms with Gasteiger partial charge in [0.15, 0.2) is 9.84 Å². The summed E-state index contributed by atoms with van der Waals surface area (Å²) in [6.07, 6.45) is 1.83. The average molecular weight is 357 g/mol. The molecule has 1 heterocycles. The second kappa shape index (κ2) is 6.37. The predicted molar refractivity (Wildman–Crippen MR) is 91.8 cm³/mol. The average Bonchev–Trinajstić information content (AvgIpc) is 2.79. The first-order valence-electron chi connectivity index (χ1n) is 7.49. The van der Waals surface area contributed by atoms with Crippen molar-refractivity contribution < 1.29 is 16.8 Å². The first-order chi connectivity index (χ1) is 10.6. The molecule has 0 aliphatic carbocycles. The van der Waals surface area contributed by atoms with Crippen LogP contribution in [0.5, 0.6) is 0 Å². The van der Waals surface area contributed by atoms with Crippen LogP contribution >= 0.6 is 0 Å². The van der Waals surface area contributed by atoms with Crippen LogP contribution in [0.15, 0.2) is 29.7 Å². The summed E-state index contributed by atoms with van der Waals surface area (Å²) in [5.74, 6) is -0.0866. The molecule has 128 valence electrons. The quantitative estimate of drug-likeness (QED) is 0.756. The van der Waals surface area contributed by atoms with Crippen LogP contribution in [0.3, 0.4) is 0 Å². The third-order valence-electron chi connectivity index (χ3n) is 4.30. The molecule has 0 amide bonds. The molecule has 0 saturated carbocycles. The molecule has 1 fully saturated rings. The monoisotopic (exact) mass is 357 g/mol. The summed E-state index contributed by atoms with van der Waals surface area (Å²) < 4.78 is 50.9. The number of aryl methyl sites for hydroxylation is 3. The Balaban J connectivity index is 2.50. The van der Waals surface area contributed by atoms with Gasteiger partial charge in [-0.3, -0.25) is 0 Å². The maximum absolute atomic E-state index is 13.1. The molecular formula is C16H23NO4S2. The summed E-state index contributed by atoms with van der Waals surface area (Å²) in [5, 5.41) is 0. The van der Waals surface area contributed by atoms with Crippen molar-refractivity contribution in [1.82, 2.24) is 4.31 Å². The third-order valence-corrected chi connectivity index (χ3v) is 8.11. The molecular weight excluding hydrogens is 334 g/mol. The Morgan fingerprint density at radius 2 is 1.83 bits per heavy atom. The summed E-state index contributed by atoms with van der Waals surface area (Å²) in [6, 6.07) is 2.99. The number of rotatable bonds is 5. The van der Waals surface area contributed by atoms with E-state index >= 15 is 0 Å². The lowest BCUT2D eigenvalue weighted by Gasteiger charge is -2.27. The first-order valence-corrected chi connectivity index (χ1v) is 10.8. The highest BCUT2D eigenvalue weighted by Gasteiger charge is 2.38. The van der Waals surface area contributed by atoms with E-state index in [0.717, 1.165) is 11.1 Å². The van der Waals surface area contributed by atoms with Crippen molar-refractivity contribution >= 4 is 19.9 Å². The second-order valence-corrected chi connectivity index (χ2v) is 10.2.